The molecule has 2 rings (SSSR count). The fourth-order valence-corrected chi connectivity index (χ4v) is 6.67. The van der Waals surface area contributed by atoms with Crippen LogP contribution in [0.5, 0.6) is 5.75 Å². The number of rotatable bonds is 11. The zero-order valence-corrected chi connectivity index (χ0v) is 24.8. The Kier molecular flexibility index (Phi) is 11.9. The molecule has 0 spiro atoms. The first kappa shape index (κ1) is 28.8. The van der Waals surface area contributed by atoms with Crippen molar-refractivity contribution >= 4 is 48.4 Å². The van der Waals surface area contributed by atoms with E-state index in [0.717, 1.165) is 35.8 Å². The predicted molar refractivity (Wildman–Crippen MR) is 141 cm³/mol. The van der Waals surface area contributed by atoms with Gasteiger partial charge in [-0.25, -0.2) is 0 Å². The van der Waals surface area contributed by atoms with E-state index in [-0.39, 0.29) is 30.0 Å². The molecule has 3 unspecified atom stereocenters. The normalized spacial score (nSPS) is 21.3. The third-order valence-electron chi connectivity index (χ3n) is 5.48. The van der Waals surface area contributed by atoms with Gasteiger partial charge in [0.1, 0.15) is 0 Å². The standard InChI is InChI=1S/C25H35ClO3Si.2ClH.Ru/c1-7-21-12-13-22(9-8-16-30(5,6)26)25(21)29-24(27)15-11-20-10-14-23(19(4)17-20)28-18(2)3;;;/h4,7-10,14,17-18,21-22,25H,1,11-13,15-16H2,2-3,5-6H3;2*1H;/q;;;+2/p-2/b9-8+;;;. The van der Waals surface area contributed by atoms with Gasteiger partial charge in [-0.15, -0.1) is 0 Å². The first-order chi connectivity index (χ1) is 15.5. The van der Waals surface area contributed by atoms with Crippen molar-refractivity contribution in [3.63, 3.8) is 0 Å². The molecule has 1 fully saturated rings. The zero-order chi connectivity index (χ0) is 24.6. The fraction of sp³-hybridized carbons (Fsp3) is 0.520. The molecular formula is C25H35Cl3O3RuSi. The summed E-state index contributed by atoms with van der Waals surface area (Å²) in [5.41, 5.74) is 1.91. The Labute approximate surface area is 217 Å². The maximum atomic E-state index is 12.7. The molecule has 0 heterocycles. The second-order valence-corrected chi connectivity index (χ2v) is 21.9. The first-order valence-electron chi connectivity index (χ1n) is 11.3. The van der Waals surface area contributed by atoms with Crippen LogP contribution in [-0.4, -0.2) is 30.2 Å². The summed E-state index contributed by atoms with van der Waals surface area (Å²) in [6.45, 7) is 12.2. The van der Waals surface area contributed by atoms with E-state index < -0.39 is 20.9 Å². The van der Waals surface area contributed by atoms with E-state index in [2.05, 4.69) is 31.8 Å². The van der Waals surface area contributed by atoms with Crippen molar-refractivity contribution < 1.29 is 27.8 Å². The summed E-state index contributed by atoms with van der Waals surface area (Å²) in [5.74, 6) is 0.976. The summed E-state index contributed by atoms with van der Waals surface area (Å²) in [4.78, 5) is 12.7. The number of hydrogen-bond acceptors (Lipinski definition) is 3. The molecule has 0 bridgehead atoms. The molecule has 1 aliphatic rings. The van der Waals surface area contributed by atoms with Gasteiger partial charge in [-0.1, -0.05) is 13.1 Å². The minimum absolute atomic E-state index is 0.0494. The number of ether oxygens (including phenoxy) is 2. The zero-order valence-electron chi connectivity index (χ0n) is 19.8. The molecule has 8 heteroatoms. The number of aryl methyl sites for hydroxylation is 1. The van der Waals surface area contributed by atoms with E-state index in [0.29, 0.717) is 12.8 Å². The Morgan fingerprint density at radius 1 is 1.27 bits per heavy atom. The van der Waals surface area contributed by atoms with Crippen LogP contribution in [0.15, 0.2) is 43.0 Å². The molecule has 3 atom stereocenters. The predicted octanol–water partition coefficient (Wildman–Crippen LogP) is 7.61. The van der Waals surface area contributed by atoms with Gasteiger partial charge in [-0.2, -0.15) is 11.1 Å². The topological polar surface area (TPSA) is 35.5 Å². The summed E-state index contributed by atoms with van der Waals surface area (Å²) < 4.78 is 13.7. The molecule has 0 radical (unpaired) electrons. The molecule has 186 valence electrons. The molecule has 0 aromatic heterocycles. The Hall–Kier alpha value is -0.450. The molecule has 1 aromatic rings. The van der Waals surface area contributed by atoms with Crippen molar-refractivity contribution in [2.45, 2.75) is 70.9 Å². The number of hydrogen-bond donors (Lipinski definition) is 0. The Morgan fingerprint density at radius 2 is 1.97 bits per heavy atom. The van der Waals surface area contributed by atoms with Crippen molar-refractivity contribution in [1.82, 2.24) is 0 Å². The molecule has 1 aliphatic carbocycles. The number of allylic oxidation sites excluding steroid dienone is 1. The van der Waals surface area contributed by atoms with E-state index in [1.165, 1.54) is 0 Å². The quantitative estimate of drug-likeness (QED) is 0.111. The third-order valence-corrected chi connectivity index (χ3v) is 8.98. The van der Waals surface area contributed by atoms with Crippen molar-refractivity contribution in [1.29, 1.82) is 0 Å². The average Bonchev–Trinajstić information content (AvgIpc) is 3.08. The van der Waals surface area contributed by atoms with Crippen LogP contribution in [0.1, 0.15) is 44.2 Å². The number of halogens is 3. The van der Waals surface area contributed by atoms with Gasteiger partial charge >= 0.3 is 181 Å². The molecule has 0 amide bonds. The molecule has 33 heavy (non-hydrogen) atoms. The maximum absolute atomic E-state index is 12.7. The van der Waals surface area contributed by atoms with Crippen LogP contribution in [0.4, 0.5) is 0 Å². The van der Waals surface area contributed by atoms with Crippen LogP contribution in [0.2, 0.25) is 19.1 Å². The van der Waals surface area contributed by atoms with Gasteiger partial charge in [0.25, 0.3) is 0 Å². The second-order valence-electron chi connectivity index (χ2n) is 9.29. The van der Waals surface area contributed by atoms with Crippen LogP contribution in [0.25, 0.3) is 0 Å². The van der Waals surface area contributed by atoms with E-state index in [4.69, 9.17) is 39.9 Å². The van der Waals surface area contributed by atoms with Crippen molar-refractivity contribution in [2.24, 2.45) is 11.8 Å². The van der Waals surface area contributed by atoms with Crippen molar-refractivity contribution in [3.8, 4) is 5.75 Å². The van der Waals surface area contributed by atoms with Gasteiger partial charge in [-0.3, -0.25) is 0 Å². The van der Waals surface area contributed by atoms with Gasteiger partial charge in [-0.05, 0) is 6.04 Å². The summed E-state index contributed by atoms with van der Waals surface area (Å²) >= 11 is 4.42. The summed E-state index contributed by atoms with van der Waals surface area (Å²) in [6.07, 6.45) is 9.03. The SMILES string of the molecule is C=CC1CCC(/C=C/C[Si](C)(C)Cl)C1OC(=O)CCc1ccc(OC(C)C)c([CH]=[Ru]([Cl])[Cl])c1. The monoisotopic (exact) mass is 618 g/mol. The minimum atomic E-state index is -2.01. The van der Waals surface area contributed by atoms with Gasteiger partial charge in [0.05, 0.1) is 0 Å². The Balaban J connectivity index is 2.02. The summed E-state index contributed by atoms with van der Waals surface area (Å²) in [7, 11) is 10.6. The van der Waals surface area contributed by atoms with Crippen LogP contribution < -0.4 is 4.74 Å². The Bertz CT molecular complexity index is 876. The van der Waals surface area contributed by atoms with Gasteiger partial charge < -0.3 is 0 Å². The van der Waals surface area contributed by atoms with Crippen LogP contribution in [0, 0.1) is 11.8 Å². The van der Waals surface area contributed by atoms with Gasteiger partial charge in [0.15, 0.2) is 7.38 Å². The van der Waals surface area contributed by atoms with Crippen molar-refractivity contribution in [2.75, 3.05) is 0 Å². The number of benzene rings is 1. The summed E-state index contributed by atoms with van der Waals surface area (Å²) in [5, 5.41) is 0. The van der Waals surface area contributed by atoms with Gasteiger partial charge in [0, 0.05) is 0 Å². The van der Waals surface area contributed by atoms with Crippen LogP contribution in [-0.2, 0) is 29.5 Å². The molecule has 0 saturated heterocycles. The van der Waals surface area contributed by atoms with Crippen LogP contribution in [0.3, 0.4) is 0 Å². The number of esters is 1. The summed E-state index contributed by atoms with van der Waals surface area (Å²) in [6, 6.07) is 6.81. The van der Waals surface area contributed by atoms with Crippen LogP contribution >= 0.6 is 30.5 Å². The molecule has 3 nitrogen and oxygen atoms in total. The average molecular weight is 619 g/mol. The second kappa shape index (κ2) is 13.6. The van der Waals surface area contributed by atoms with Crippen molar-refractivity contribution in [3.05, 3.63) is 54.1 Å². The molecule has 0 N–H and O–H groups in total. The molecular weight excluding hydrogens is 584 g/mol. The third kappa shape index (κ3) is 10.4. The Morgan fingerprint density at radius 3 is 2.58 bits per heavy atom. The van der Waals surface area contributed by atoms with E-state index in [1.807, 2.05) is 42.7 Å². The van der Waals surface area contributed by atoms with E-state index >= 15 is 0 Å². The molecule has 0 aliphatic heterocycles. The number of carbonyl (C=O) groups excluding carboxylic acids is 1. The van der Waals surface area contributed by atoms with E-state index in [9.17, 15) is 4.79 Å². The van der Waals surface area contributed by atoms with E-state index in [1.54, 1.807) is 0 Å². The molecule has 1 aromatic carbocycles. The van der Waals surface area contributed by atoms with Gasteiger partial charge in [0.2, 0.25) is 0 Å². The first-order valence-corrected chi connectivity index (χ1v) is 21.0. The molecule has 1 saturated carbocycles. The fourth-order valence-electron chi connectivity index (χ4n) is 3.92. The number of carbonyl (C=O) groups is 1.